The van der Waals surface area contributed by atoms with Crippen LogP contribution in [0.1, 0.15) is 10.6 Å². The summed E-state index contributed by atoms with van der Waals surface area (Å²) in [7, 11) is 0. The third kappa shape index (κ3) is 2.97. The largest absolute Gasteiger partial charge is 0.451 e. The van der Waals surface area contributed by atoms with E-state index in [0.29, 0.717) is 17.1 Å². The number of furan rings is 1. The summed E-state index contributed by atoms with van der Waals surface area (Å²) in [4.78, 5) is 16.0. The summed E-state index contributed by atoms with van der Waals surface area (Å²) in [5.74, 6) is 0.406. The molecule has 0 saturated carbocycles. The number of amides is 1. The van der Waals surface area contributed by atoms with E-state index in [1.54, 1.807) is 48.7 Å². The number of anilines is 1. The van der Waals surface area contributed by atoms with Crippen molar-refractivity contribution in [2.45, 2.75) is 0 Å². The Balaban J connectivity index is 1.78. The maximum atomic E-state index is 12.9. The number of rotatable bonds is 3. The van der Waals surface area contributed by atoms with Gasteiger partial charge in [-0.3, -0.25) is 4.79 Å². The number of hydrogen-bond acceptors (Lipinski definition) is 3. The molecule has 0 aliphatic rings. The van der Waals surface area contributed by atoms with Crippen molar-refractivity contribution in [1.29, 1.82) is 0 Å². The molecule has 3 rings (SSSR count). The Morgan fingerprint density at radius 1 is 1.05 bits per heavy atom. The molecule has 0 fully saturated rings. The van der Waals surface area contributed by atoms with E-state index < -0.39 is 0 Å². The fourth-order valence-electron chi connectivity index (χ4n) is 1.84. The average Bonchev–Trinajstić information content (AvgIpc) is 2.99. The van der Waals surface area contributed by atoms with Gasteiger partial charge in [-0.1, -0.05) is 6.07 Å². The Bertz CT molecular complexity index is 751. The lowest BCUT2D eigenvalue weighted by Crippen LogP contribution is -2.11. The van der Waals surface area contributed by atoms with Crippen molar-refractivity contribution in [2.75, 3.05) is 5.32 Å². The van der Waals surface area contributed by atoms with Crippen molar-refractivity contribution in [1.82, 2.24) is 4.98 Å². The van der Waals surface area contributed by atoms with E-state index in [0.717, 1.165) is 0 Å². The average molecular weight is 282 g/mol. The molecule has 0 bridgehead atoms. The third-order valence-corrected chi connectivity index (χ3v) is 2.87. The van der Waals surface area contributed by atoms with E-state index in [2.05, 4.69) is 10.3 Å². The zero-order chi connectivity index (χ0) is 14.7. The Morgan fingerprint density at radius 2 is 1.86 bits per heavy atom. The zero-order valence-electron chi connectivity index (χ0n) is 10.9. The molecule has 0 aliphatic heterocycles. The van der Waals surface area contributed by atoms with Gasteiger partial charge in [0.25, 0.3) is 5.91 Å². The Hall–Kier alpha value is -2.95. The Morgan fingerprint density at radius 3 is 2.57 bits per heavy atom. The lowest BCUT2D eigenvalue weighted by atomic mass is 10.2. The minimum absolute atomic E-state index is 0.167. The number of carbonyl (C=O) groups is 1. The predicted octanol–water partition coefficient (Wildman–Crippen LogP) is 3.73. The first-order valence-corrected chi connectivity index (χ1v) is 6.30. The van der Waals surface area contributed by atoms with Crippen LogP contribution in [0, 0.1) is 5.82 Å². The lowest BCUT2D eigenvalue weighted by Gasteiger charge is -2.01. The van der Waals surface area contributed by atoms with Crippen molar-refractivity contribution in [2.24, 2.45) is 0 Å². The van der Waals surface area contributed by atoms with E-state index in [1.807, 2.05) is 0 Å². The highest BCUT2D eigenvalue weighted by Gasteiger charge is 2.12. The van der Waals surface area contributed by atoms with Gasteiger partial charge in [-0.2, -0.15) is 0 Å². The predicted molar refractivity (Wildman–Crippen MR) is 76.3 cm³/mol. The summed E-state index contributed by atoms with van der Waals surface area (Å²) in [6.45, 7) is 0. The second-order valence-corrected chi connectivity index (χ2v) is 4.34. The van der Waals surface area contributed by atoms with Crippen molar-refractivity contribution < 1.29 is 13.6 Å². The van der Waals surface area contributed by atoms with Crippen LogP contribution in [0.25, 0.3) is 11.3 Å². The molecule has 0 radical (unpaired) electrons. The summed E-state index contributed by atoms with van der Waals surface area (Å²) in [6.07, 6.45) is 1.59. The molecule has 1 N–H and O–H groups in total. The van der Waals surface area contributed by atoms with Gasteiger partial charge in [-0.15, -0.1) is 0 Å². The molecule has 2 heterocycles. The number of benzene rings is 1. The number of nitrogens with zero attached hydrogens (tertiary/aromatic N) is 1. The van der Waals surface area contributed by atoms with Gasteiger partial charge in [0.1, 0.15) is 17.4 Å². The highest BCUT2D eigenvalue weighted by molar-refractivity contribution is 6.02. The first-order valence-electron chi connectivity index (χ1n) is 6.30. The molecule has 1 amide bonds. The summed E-state index contributed by atoms with van der Waals surface area (Å²) in [5.41, 5.74) is 0.702. The smallest absolute Gasteiger partial charge is 0.292 e. The first kappa shape index (κ1) is 13.1. The quantitative estimate of drug-likeness (QED) is 0.796. The standard InChI is InChI=1S/C16H11FN2O2/c17-12-6-4-11(5-7-12)13-8-9-14(21-13)16(20)19-15-3-1-2-10-18-15/h1-10H,(H,18,19,20). The molecule has 3 aromatic rings. The molecule has 4 nitrogen and oxygen atoms in total. The van der Waals surface area contributed by atoms with E-state index in [4.69, 9.17) is 4.42 Å². The second-order valence-electron chi connectivity index (χ2n) is 4.34. The van der Waals surface area contributed by atoms with Gasteiger partial charge in [-0.05, 0) is 48.5 Å². The monoisotopic (exact) mass is 282 g/mol. The SMILES string of the molecule is O=C(Nc1ccccn1)c1ccc(-c2ccc(F)cc2)o1. The van der Waals surface area contributed by atoms with Crippen LogP contribution in [0.15, 0.2) is 65.2 Å². The number of pyridine rings is 1. The van der Waals surface area contributed by atoms with Crippen molar-refractivity contribution >= 4 is 11.7 Å². The fourth-order valence-corrected chi connectivity index (χ4v) is 1.84. The highest BCUT2D eigenvalue weighted by Crippen LogP contribution is 2.22. The van der Waals surface area contributed by atoms with E-state index in [-0.39, 0.29) is 17.5 Å². The molecular weight excluding hydrogens is 271 g/mol. The highest BCUT2D eigenvalue weighted by atomic mass is 19.1. The number of aromatic nitrogens is 1. The number of nitrogens with one attached hydrogen (secondary N) is 1. The fraction of sp³-hybridized carbons (Fsp3) is 0. The zero-order valence-corrected chi connectivity index (χ0v) is 10.9. The van der Waals surface area contributed by atoms with Gasteiger partial charge < -0.3 is 9.73 Å². The number of carbonyl (C=O) groups excluding carboxylic acids is 1. The van der Waals surface area contributed by atoms with Gasteiger partial charge >= 0.3 is 0 Å². The molecule has 104 valence electrons. The van der Waals surface area contributed by atoms with Gasteiger partial charge in [0.15, 0.2) is 5.76 Å². The molecular formula is C16H11FN2O2. The van der Waals surface area contributed by atoms with Crippen LogP contribution in [0.5, 0.6) is 0 Å². The minimum Gasteiger partial charge on any atom is -0.451 e. The molecule has 0 unspecified atom stereocenters. The normalized spacial score (nSPS) is 10.3. The number of hydrogen-bond donors (Lipinski definition) is 1. The summed E-state index contributed by atoms with van der Waals surface area (Å²) in [6, 6.07) is 14.3. The van der Waals surface area contributed by atoms with E-state index in [1.165, 1.54) is 12.1 Å². The Kier molecular flexibility index (Phi) is 3.47. The maximum Gasteiger partial charge on any atom is 0.292 e. The molecule has 0 aliphatic carbocycles. The van der Waals surface area contributed by atoms with Crippen LogP contribution < -0.4 is 5.32 Å². The molecule has 0 saturated heterocycles. The van der Waals surface area contributed by atoms with Crippen LogP contribution in [0.3, 0.4) is 0 Å². The van der Waals surface area contributed by atoms with Crippen LogP contribution in [0.4, 0.5) is 10.2 Å². The second kappa shape index (κ2) is 5.58. The van der Waals surface area contributed by atoms with Crippen molar-refractivity contribution in [3.8, 4) is 11.3 Å². The van der Waals surface area contributed by atoms with Gasteiger partial charge in [0.05, 0.1) is 0 Å². The third-order valence-electron chi connectivity index (χ3n) is 2.87. The summed E-state index contributed by atoms with van der Waals surface area (Å²) in [5, 5.41) is 2.63. The lowest BCUT2D eigenvalue weighted by molar-refractivity contribution is 0.0997. The molecule has 2 aromatic heterocycles. The molecule has 0 spiro atoms. The van der Waals surface area contributed by atoms with Crippen molar-refractivity contribution in [3.05, 3.63) is 72.4 Å². The van der Waals surface area contributed by atoms with Gasteiger partial charge in [-0.25, -0.2) is 9.37 Å². The van der Waals surface area contributed by atoms with E-state index in [9.17, 15) is 9.18 Å². The summed E-state index contributed by atoms with van der Waals surface area (Å²) >= 11 is 0. The van der Waals surface area contributed by atoms with Crippen LogP contribution in [-0.2, 0) is 0 Å². The minimum atomic E-state index is -0.387. The molecule has 5 heteroatoms. The number of halogens is 1. The van der Waals surface area contributed by atoms with Gasteiger partial charge in [0, 0.05) is 11.8 Å². The van der Waals surface area contributed by atoms with Gasteiger partial charge in [0.2, 0.25) is 0 Å². The maximum absolute atomic E-state index is 12.9. The molecule has 1 aromatic carbocycles. The first-order chi connectivity index (χ1) is 10.2. The summed E-state index contributed by atoms with van der Waals surface area (Å²) < 4.78 is 18.4. The topological polar surface area (TPSA) is 55.1 Å². The van der Waals surface area contributed by atoms with Crippen LogP contribution >= 0.6 is 0 Å². The van der Waals surface area contributed by atoms with E-state index >= 15 is 0 Å². The Labute approximate surface area is 120 Å². The van der Waals surface area contributed by atoms with Crippen LogP contribution in [0.2, 0.25) is 0 Å². The van der Waals surface area contributed by atoms with Crippen molar-refractivity contribution in [3.63, 3.8) is 0 Å². The molecule has 0 atom stereocenters. The van der Waals surface area contributed by atoms with Crippen LogP contribution in [-0.4, -0.2) is 10.9 Å². The molecule has 21 heavy (non-hydrogen) atoms.